The summed E-state index contributed by atoms with van der Waals surface area (Å²) in [5, 5.41) is 8.86. The summed E-state index contributed by atoms with van der Waals surface area (Å²) in [6, 6.07) is 2.18. The number of carboxylic acid groups (broad SMARTS) is 1. The SMILES string of the molecule is COc1ccc(C(N)C(=O)O)c(OC)c1C. The molecule has 1 aromatic carbocycles. The van der Waals surface area contributed by atoms with E-state index in [1.165, 1.54) is 7.11 Å². The fourth-order valence-corrected chi connectivity index (χ4v) is 1.56. The molecule has 0 aliphatic carbocycles. The first-order valence-electron chi connectivity index (χ1n) is 4.72. The van der Waals surface area contributed by atoms with Crippen LogP contribution in [-0.4, -0.2) is 25.3 Å². The summed E-state index contributed by atoms with van der Waals surface area (Å²) in [7, 11) is 3.01. The van der Waals surface area contributed by atoms with Crippen LogP contribution in [-0.2, 0) is 4.79 Å². The largest absolute Gasteiger partial charge is 0.496 e. The number of carboxylic acids is 1. The van der Waals surface area contributed by atoms with Crippen LogP contribution in [0.1, 0.15) is 17.2 Å². The van der Waals surface area contributed by atoms with Gasteiger partial charge in [-0.05, 0) is 19.1 Å². The predicted octanol–water partition coefficient (Wildman–Crippen LogP) is 1.10. The van der Waals surface area contributed by atoms with Crippen molar-refractivity contribution >= 4 is 5.97 Å². The fraction of sp³-hybridized carbons (Fsp3) is 0.364. The van der Waals surface area contributed by atoms with E-state index in [4.69, 9.17) is 20.3 Å². The molecule has 5 heteroatoms. The first-order valence-corrected chi connectivity index (χ1v) is 4.72. The maximum absolute atomic E-state index is 10.8. The van der Waals surface area contributed by atoms with Crippen LogP contribution in [0, 0.1) is 6.92 Å². The van der Waals surface area contributed by atoms with Gasteiger partial charge in [-0.25, -0.2) is 0 Å². The second kappa shape index (κ2) is 4.85. The van der Waals surface area contributed by atoms with Gasteiger partial charge < -0.3 is 20.3 Å². The van der Waals surface area contributed by atoms with E-state index in [2.05, 4.69) is 0 Å². The van der Waals surface area contributed by atoms with Crippen LogP contribution < -0.4 is 15.2 Å². The number of benzene rings is 1. The van der Waals surface area contributed by atoms with Gasteiger partial charge in [0, 0.05) is 11.1 Å². The van der Waals surface area contributed by atoms with E-state index in [-0.39, 0.29) is 0 Å². The molecule has 0 bridgehead atoms. The van der Waals surface area contributed by atoms with Gasteiger partial charge in [0.05, 0.1) is 14.2 Å². The highest BCUT2D eigenvalue weighted by Gasteiger charge is 2.21. The van der Waals surface area contributed by atoms with Crippen molar-refractivity contribution in [2.24, 2.45) is 5.73 Å². The first kappa shape index (κ1) is 12.3. The maximum Gasteiger partial charge on any atom is 0.325 e. The monoisotopic (exact) mass is 225 g/mol. The summed E-state index contributed by atoms with van der Waals surface area (Å²) in [6.45, 7) is 1.79. The van der Waals surface area contributed by atoms with Gasteiger partial charge in [-0.2, -0.15) is 0 Å². The van der Waals surface area contributed by atoms with Crippen molar-refractivity contribution in [2.75, 3.05) is 14.2 Å². The maximum atomic E-state index is 10.8. The van der Waals surface area contributed by atoms with Crippen molar-refractivity contribution in [1.29, 1.82) is 0 Å². The Morgan fingerprint density at radius 1 is 1.38 bits per heavy atom. The van der Waals surface area contributed by atoms with Crippen LogP contribution in [0.4, 0.5) is 0 Å². The van der Waals surface area contributed by atoms with Crippen molar-refractivity contribution in [3.63, 3.8) is 0 Å². The molecule has 0 aliphatic rings. The molecule has 88 valence electrons. The molecule has 1 unspecified atom stereocenters. The summed E-state index contributed by atoms with van der Waals surface area (Å²) in [5.41, 5.74) is 6.73. The number of methoxy groups -OCH3 is 2. The number of nitrogens with two attached hydrogens (primary N) is 1. The van der Waals surface area contributed by atoms with Crippen molar-refractivity contribution < 1.29 is 19.4 Å². The molecule has 1 atom stereocenters. The highest BCUT2D eigenvalue weighted by molar-refractivity contribution is 5.77. The van der Waals surface area contributed by atoms with E-state index in [1.807, 2.05) is 0 Å². The smallest absolute Gasteiger partial charge is 0.325 e. The van der Waals surface area contributed by atoms with Crippen LogP contribution >= 0.6 is 0 Å². The molecular formula is C11H15NO4. The average Bonchev–Trinajstić information content (AvgIpc) is 2.27. The van der Waals surface area contributed by atoms with Gasteiger partial charge in [0.25, 0.3) is 0 Å². The minimum Gasteiger partial charge on any atom is -0.496 e. The molecule has 0 saturated heterocycles. The standard InChI is InChI=1S/C11H15NO4/c1-6-8(15-2)5-4-7(10(6)16-3)9(12)11(13)14/h4-5,9H,12H2,1-3H3,(H,13,14). The van der Waals surface area contributed by atoms with Gasteiger partial charge >= 0.3 is 5.97 Å². The van der Waals surface area contributed by atoms with Gasteiger partial charge in [0.2, 0.25) is 0 Å². The summed E-state index contributed by atoms with van der Waals surface area (Å²) in [6.07, 6.45) is 0. The molecule has 0 amide bonds. The number of hydrogen-bond acceptors (Lipinski definition) is 4. The van der Waals surface area contributed by atoms with Crippen LogP contribution in [0.15, 0.2) is 12.1 Å². The lowest BCUT2D eigenvalue weighted by atomic mass is 10.0. The molecule has 0 aliphatic heterocycles. The molecule has 16 heavy (non-hydrogen) atoms. The van der Waals surface area contributed by atoms with Gasteiger partial charge in [0.15, 0.2) is 0 Å². The lowest BCUT2D eigenvalue weighted by Gasteiger charge is -2.16. The molecule has 0 heterocycles. The summed E-state index contributed by atoms with van der Waals surface area (Å²) >= 11 is 0. The molecule has 1 aromatic rings. The summed E-state index contributed by atoms with van der Waals surface area (Å²) in [4.78, 5) is 10.8. The Bertz CT molecular complexity index is 403. The van der Waals surface area contributed by atoms with E-state index in [9.17, 15) is 4.79 Å². The quantitative estimate of drug-likeness (QED) is 0.801. The van der Waals surface area contributed by atoms with Crippen molar-refractivity contribution in [3.05, 3.63) is 23.3 Å². The third-order valence-electron chi connectivity index (χ3n) is 2.41. The molecule has 5 nitrogen and oxygen atoms in total. The van der Waals surface area contributed by atoms with Crippen LogP contribution in [0.25, 0.3) is 0 Å². The Morgan fingerprint density at radius 2 is 2.00 bits per heavy atom. The zero-order chi connectivity index (χ0) is 12.3. The number of rotatable bonds is 4. The molecular weight excluding hydrogens is 210 g/mol. The van der Waals surface area contributed by atoms with Crippen LogP contribution in [0.5, 0.6) is 11.5 Å². The Morgan fingerprint density at radius 3 is 2.44 bits per heavy atom. The van der Waals surface area contributed by atoms with E-state index < -0.39 is 12.0 Å². The van der Waals surface area contributed by atoms with E-state index >= 15 is 0 Å². The second-order valence-electron chi connectivity index (χ2n) is 3.33. The van der Waals surface area contributed by atoms with Crippen molar-refractivity contribution in [1.82, 2.24) is 0 Å². The number of ether oxygens (including phenoxy) is 2. The van der Waals surface area contributed by atoms with E-state index in [0.29, 0.717) is 17.1 Å². The molecule has 0 spiro atoms. The van der Waals surface area contributed by atoms with Gasteiger partial charge in [0.1, 0.15) is 17.5 Å². The Labute approximate surface area is 93.8 Å². The molecule has 3 N–H and O–H groups in total. The number of aliphatic carboxylic acids is 1. The highest BCUT2D eigenvalue weighted by atomic mass is 16.5. The number of hydrogen-bond donors (Lipinski definition) is 2. The van der Waals surface area contributed by atoms with Crippen molar-refractivity contribution in [2.45, 2.75) is 13.0 Å². The fourth-order valence-electron chi connectivity index (χ4n) is 1.56. The van der Waals surface area contributed by atoms with Crippen LogP contribution in [0.3, 0.4) is 0 Å². The van der Waals surface area contributed by atoms with Gasteiger partial charge in [-0.1, -0.05) is 0 Å². The summed E-state index contributed by atoms with van der Waals surface area (Å²) < 4.78 is 10.3. The third-order valence-corrected chi connectivity index (χ3v) is 2.41. The Balaban J connectivity index is 3.31. The predicted molar refractivity (Wildman–Crippen MR) is 58.8 cm³/mol. The Hall–Kier alpha value is -1.75. The molecule has 0 fully saturated rings. The van der Waals surface area contributed by atoms with Crippen LogP contribution in [0.2, 0.25) is 0 Å². The van der Waals surface area contributed by atoms with Crippen molar-refractivity contribution in [3.8, 4) is 11.5 Å². The summed E-state index contributed by atoms with van der Waals surface area (Å²) in [5.74, 6) is -0.00435. The van der Waals surface area contributed by atoms with E-state index in [1.54, 1.807) is 26.2 Å². The molecule has 0 saturated carbocycles. The molecule has 0 aromatic heterocycles. The lowest BCUT2D eigenvalue weighted by molar-refractivity contribution is -0.138. The zero-order valence-corrected chi connectivity index (χ0v) is 9.48. The van der Waals surface area contributed by atoms with Gasteiger partial charge in [-0.3, -0.25) is 4.79 Å². The first-order chi connectivity index (χ1) is 7.52. The number of carbonyl (C=O) groups is 1. The average molecular weight is 225 g/mol. The zero-order valence-electron chi connectivity index (χ0n) is 9.48. The Kier molecular flexibility index (Phi) is 3.73. The lowest BCUT2D eigenvalue weighted by Crippen LogP contribution is -2.21. The minimum absolute atomic E-state index is 0.438. The highest BCUT2D eigenvalue weighted by Crippen LogP contribution is 2.33. The topological polar surface area (TPSA) is 81.8 Å². The second-order valence-corrected chi connectivity index (χ2v) is 3.33. The third kappa shape index (κ3) is 2.09. The molecule has 0 radical (unpaired) electrons. The normalized spacial score (nSPS) is 12.0. The molecule has 1 rings (SSSR count). The minimum atomic E-state index is -1.10. The van der Waals surface area contributed by atoms with Gasteiger partial charge in [-0.15, -0.1) is 0 Å². The van der Waals surface area contributed by atoms with E-state index in [0.717, 1.165) is 5.56 Å².